The van der Waals surface area contributed by atoms with Gasteiger partial charge in [0.15, 0.2) is 15.7 Å². The number of nitrogens with zero attached hydrogens (tertiary/aromatic N) is 3. The van der Waals surface area contributed by atoms with Gasteiger partial charge in [-0.2, -0.15) is 4.98 Å². The Morgan fingerprint density at radius 2 is 2.00 bits per heavy atom. The van der Waals surface area contributed by atoms with Crippen molar-refractivity contribution in [2.75, 3.05) is 24.6 Å². The minimum Gasteiger partial charge on any atom is -0.338 e. The smallest absolute Gasteiger partial charge is 0.240 e. The lowest BCUT2D eigenvalue weighted by Gasteiger charge is -2.24. The van der Waals surface area contributed by atoms with Crippen LogP contribution in [0.3, 0.4) is 0 Å². The lowest BCUT2D eigenvalue weighted by molar-refractivity contribution is 0.240. The third kappa shape index (κ3) is 3.27. The van der Waals surface area contributed by atoms with Gasteiger partial charge in [-0.25, -0.2) is 8.42 Å². The van der Waals surface area contributed by atoms with Crippen LogP contribution in [0.2, 0.25) is 0 Å². The van der Waals surface area contributed by atoms with Crippen molar-refractivity contribution in [2.45, 2.75) is 25.9 Å². The van der Waals surface area contributed by atoms with Crippen molar-refractivity contribution >= 4 is 9.84 Å². The summed E-state index contributed by atoms with van der Waals surface area (Å²) in [5.74, 6) is 1.32. The highest BCUT2D eigenvalue weighted by Crippen LogP contribution is 2.14. The average Bonchev–Trinajstić information content (AvgIpc) is 2.69. The van der Waals surface area contributed by atoms with Crippen molar-refractivity contribution in [3.8, 4) is 0 Å². The molecule has 7 nitrogen and oxygen atoms in total. The Hall–Kier alpha value is -0.990. The fraction of sp³-hybridized carbons (Fsp3) is 0.800. The van der Waals surface area contributed by atoms with Gasteiger partial charge in [0.25, 0.3) is 0 Å². The Bertz CT molecular complexity index is 503. The van der Waals surface area contributed by atoms with E-state index in [2.05, 4.69) is 10.1 Å². The Morgan fingerprint density at radius 1 is 1.39 bits per heavy atom. The zero-order valence-electron chi connectivity index (χ0n) is 10.6. The van der Waals surface area contributed by atoms with Gasteiger partial charge in [-0.05, 0) is 13.8 Å². The first-order valence-electron chi connectivity index (χ1n) is 5.81. The zero-order valence-corrected chi connectivity index (χ0v) is 11.4. The molecule has 8 heteroatoms. The number of rotatable bonds is 3. The fourth-order valence-corrected chi connectivity index (χ4v) is 2.96. The van der Waals surface area contributed by atoms with E-state index in [4.69, 9.17) is 10.3 Å². The SMILES string of the molecule is CC(C)(N)c1noc(CN2CCS(=O)(=O)CC2)n1. The molecule has 0 amide bonds. The van der Waals surface area contributed by atoms with E-state index >= 15 is 0 Å². The third-order valence-corrected chi connectivity index (χ3v) is 4.45. The second-order valence-corrected chi connectivity index (χ2v) is 7.47. The van der Waals surface area contributed by atoms with E-state index in [1.165, 1.54) is 0 Å². The van der Waals surface area contributed by atoms with Crippen molar-refractivity contribution < 1.29 is 12.9 Å². The topological polar surface area (TPSA) is 102 Å². The molecule has 102 valence electrons. The molecule has 0 radical (unpaired) electrons. The number of hydrogen-bond acceptors (Lipinski definition) is 7. The third-order valence-electron chi connectivity index (χ3n) is 2.84. The summed E-state index contributed by atoms with van der Waals surface area (Å²) in [7, 11) is -2.85. The van der Waals surface area contributed by atoms with Gasteiger partial charge >= 0.3 is 0 Å². The van der Waals surface area contributed by atoms with Gasteiger partial charge in [0.05, 0.1) is 23.6 Å². The van der Waals surface area contributed by atoms with Gasteiger partial charge in [0.1, 0.15) is 0 Å². The molecule has 0 aliphatic carbocycles. The molecular weight excluding hydrogens is 256 g/mol. The molecule has 0 aromatic carbocycles. The van der Waals surface area contributed by atoms with Crippen LogP contribution in [0.4, 0.5) is 0 Å². The largest absolute Gasteiger partial charge is 0.338 e. The first kappa shape index (κ1) is 13.4. The molecule has 1 saturated heterocycles. The molecule has 2 N–H and O–H groups in total. The molecule has 1 fully saturated rings. The molecular formula is C10H18N4O3S. The summed E-state index contributed by atoms with van der Waals surface area (Å²) >= 11 is 0. The Morgan fingerprint density at radius 3 is 2.50 bits per heavy atom. The minimum atomic E-state index is -2.85. The van der Waals surface area contributed by atoms with E-state index in [1.54, 1.807) is 13.8 Å². The number of hydrogen-bond donors (Lipinski definition) is 1. The lowest BCUT2D eigenvalue weighted by atomic mass is 10.1. The summed E-state index contributed by atoms with van der Waals surface area (Å²) in [6.45, 7) is 5.08. The summed E-state index contributed by atoms with van der Waals surface area (Å²) in [4.78, 5) is 6.21. The average molecular weight is 274 g/mol. The van der Waals surface area contributed by atoms with Crippen LogP contribution in [0.1, 0.15) is 25.6 Å². The first-order chi connectivity index (χ1) is 8.26. The zero-order chi connectivity index (χ0) is 13.4. The van der Waals surface area contributed by atoms with E-state index in [0.29, 0.717) is 31.3 Å². The second kappa shape index (κ2) is 4.60. The molecule has 18 heavy (non-hydrogen) atoms. The predicted octanol–water partition coefficient (Wildman–Crippen LogP) is -0.506. The van der Waals surface area contributed by atoms with Crippen LogP contribution in [0.25, 0.3) is 0 Å². The molecule has 1 aromatic rings. The molecule has 2 heterocycles. The van der Waals surface area contributed by atoms with Crippen LogP contribution < -0.4 is 5.73 Å². The minimum absolute atomic E-state index is 0.191. The molecule has 0 atom stereocenters. The maximum Gasteiger partial charge on any atom is 0.240 e. The molecule has 1 aromatic heterocycles. The first-order valence-corrected chi connectivity index (χ1v) is 7.63. The normalized spacial score (nSPS) is 21.1. The number of nitrogens with two attached hydrogens (primary N) is 1. The van der Waals surface area contributed by atoms with Crippen molar-refractivity contribution in [1.29, 1.82) is 0 Å². The summed E-state index contributed by atoms with van der Waals surface area (Å²) in [6, 6.07) is 0. The van der Waals surface area contributed by atoms with Gasteiger partial charge in [0.2, 0.25) is 5.89 Å². The standard InChI is InChI=1S/C10H18N4O3S/c1-10(2,11)9-12-8(17-13-9)7-14-3-5-18(15,16)6-4-14/h3-7,11H2,1-2H3. The molecule has 0 bridgehead atoms. The maximum absolute atomic E-state index is 11.3. The van der Waals surface area contributed by atoms with Gasteiger partial charge in [0, 0.05) is 13.1 Å². The van der Waals surface area contributed by atoms with Crippen molar-refractivity contribution in [2.24, 2.45) is 5.73 Å². The van der Waals surface area contributed by atoms with Gasteiger partial charge in [-0.3, -0.25) is 4.90 Å². The Balaban J connectivity index is 1.97. The predicted molar refractivity (Wildman–Crippen MR) is 65.4 cm³/mol. The number of sulfone groups is 1. The molecule has 2 rings (SSSR count). The molecule has 0 saturated carbocycles. The highest BCUT2D eigenvalue weighted by molar-refractivity contribution is 7.91. The van der Waals surface area contributed by atoms with E-state index in [1.807, 2.05) is 4.90 Å². The molecule has 0 spiro atoms. The molecule has 0 unspecified atom stereocenters. The van der Waals surface area contributed by atoms with Crippen LogP contribution in [0.5, 0.6) is 0 Å². The fourth-order valence-electron chi connectivity index (χ4n) is 1.68. The highest BCUT2D eigenvalue weighted by atomic mass is 32.2. The van der Waals surface area contributed by atoms with Crippen LogP contribution >= 0.6 is 0 Å². The van der Waals surface area contributed by atoms with E-state index in [-0.39, 0.29) is 11.5 Å². The summed E-state index contributed by atoms with van der Waals surface area (Å²) in [5.41, 5.74) is 5.23. The van der Waals surface area contributed by atoms with Crippen LogP contribution in [0, 0.1) is 0 Å². The van der Waals surface area contributed by atoms with Gasteiger partial charge in [-0.1, -0.05) is 5.16 Å². The van der Waals surface area contributed by atoms with Crippen molar-refractivity contribution in [3.63, 3.8) is 0 Å². The maximum atomic E-state index is 11.3. The Labute approximate surface area is 106 Å². The Kier molecular flexibility index (Phi) is 3.43. The quantitative estimate of drug-likeness (QED) is 0.792. The van der Waals surface area contributed by atoms with Crippen LogP contribution in [-0.2, 0) is 21.9 Å². The summed E-state index contributed by atoms with van der Waals surface area (Å²) in [5, 5.41) is 3.83. The van der Waals surface area contributed by atoms with Crippen LogP contribution in [-0.4, -0.2) is 48.1 Å². The van der Waals surface area contributed by atoms with Gasteiger partial charge in [-0.15, -0.1) is 0 Å². The highest BCUT2D eigenvalue weighted by Gasteiger charge is 2.25. The van der Waals surface area contributed by atoms with E-state index in [0.717, 1.165) is 0 Å². The summed E-state index contributed by atoms with van der Waals surface area (Å²) < 4.78 is 27.7. The monoisotopic (exact) mass is 274 g/mol. The van der Waals surface area contributed by atoms with Crippen molar-refractivity contribution in [1.82, 2.24) is 15.0 Å². The van der Waals surface area contributed by atoms with Gasteiger partial charge < -0.3 is 10.3 Å². The molecule has 1 aliphatic rings. The van der Waals surface area contributed by atoms with Crippen molar-refractivity contribution in [3.05, 3.63) is 11.7 Å². The second-order valence-electron chi connectivity index (χ2n) is 5.16. The van der Waals surface area contributed by atoms with E-state index in [9.17, 15) is 8.42 Å². The number of aromatic nitrogens is 2. The van der Waals surface area contributed by atoms with E-state index < -0.39 is 15.4 Å². The molecule has 1 aliphatic heterocycles. The lowest BCUT2D eigenvalue weighted by Crippen LogP contribution is -2.39. The summed E-state index contributed by atoms with van der Waals surface area (Å²) in [6.07, 6.45) is 0. The van der Waals surface area contributed by atoms with Crippen LogP contribution in [0.15, 0.2) is 4.52 Å².